The number of rotatable bonds is 15. The zero-order valence-corrected chi connectivity index (χ0v) is 26.2. The van der Waals surface area contributed by atoms with Crippen LogP contribution in [0.2, 0.25) is 0 Å². The predicted molar refractivity (Wildman–Crippen MR) is 151 cm³/mol. The standard InChI is InChI=1S/C20H32.C13H16F2.Cm/c1-4-10-19(11-5-2)17-20(12-6-3)16-15-18-13-8-7-9-14-18;1-10(2)12-6-4-11(5-7-12)8-9-13(3,14)15;/h7-9,13-15,20H,4-6,10-12,16-17H2,1-3H3;4-7H,1,8-9H2,2-3H3;/q-2;;. The molecular weight excluding hydrogens is 681 g/mol. The van der Waals surface area contributed by atoms with Gasteiger partial charge in [0.25, 0.3) is 0 Å². The van der Waals surface area contributed by atoms with Gasteiger partial charge in [-0.2, -0.15) is 43.4 Å². The molecule has 0 aliphatic carbocycles. The van der Waals surface area contributed by atoms with Crippen LogP contribution in [0.15, 0.2) is 61.2 Å². The van der Waals surface area contributed by atoms with Crippen molar-refractivity contribution in [1.29, 1.82) is 0 Å². The van der Waals surface area contributed by atoms with Gasteiger partial charge in [-0.1, -0.05) is 101 Å². The van der Waals surface area contributed by atoms with Crippen molar-refractivity contribution in [2.24, 2.45) is 5.92 Å². The van der Waals surface area contributed by atoms with Gasteiger partial charge in [-0.3, -0.25) is 0 Å². The predicted octanol–water partition coefficient (Wildman–Crippen LogP) is 10.9. The van der Waals surface area contributed by atoms with E-state index in [4.69, 9.17) is 0 Å². The molecule has 0 heterocycles. The summed E-state index contributed by atoms with van der Waals surface area (Å²) in [4.78, 5) is 0. The second-order valence-corrected chi connectivity index (χ2v) is 10.0. The first kappa shape index (κ1) is 32.9. The van der Waals surface area contributed by atoms with E-state index in [2.05, 4.69) is 64.1 Å². The molecule has 0 aliphatic heterocycles. The minimum Gasteiger partial charge on any atom is -0.313 e. The van der Waals surface area contributed by atoms with Crippen LogP contribution in [0.5, 0.6) is 0 Å². The van der Waals surface area contributed by atoms with Crippen molar-refractivity contribution >= 4 is 5.57 Å². The average molecular weight is 730 g/mol. The van der Waals surface area contributed by atoms with Crippen LogP contribution in [-0.4, -0.2) is 5.92 Å². The van der Waals surface area contributed by atoms with Gasteiger partial charge in [0.15, 0.2) is 0 Å². The first-order chi connectivity index (χ1) is 16.7. The van der Waals surface area contributed by atoms with Crippen LogP contribution in [0.1, 0.15) is 109 Å². The molecule has 0 saturated heterocycles. The quantitative estimate of drug-likeness (QED) is 0.160. The number of aryl methyl sites for hydroxylation is 1. The Kier molecular flexibility index (Phi) is 16.7. The number of allylic oxidation sites excluding steroid dienone is 1. The van der Waals surface area contributed by atoms with Gasteiger partial charge >= 0.3 is 0 Å². The molecule has 2 aromatic rings. The van der Waals surface area contributed by atoms with Gasteiger partial charge in [-0.25, -0.2) is 8.78 Å². The molecule has 0 fully saturated rings. The van der Waals surface area contributed by atoms with Crippen LogP contribution in [0.4, 0.5) is 8.78 Å². The summed E-state index contributed by atoms with van der Waals surface area (Å²) in [6.45, 7) is 13.6. The fourth-order valence-corrected chi connectivity index (χ4v) is 4.37. The molecule has 0 aliphatic rings. The van der Waals surface area contributed by atoms with Crippen LogP contribution in [0, 0.1) is 18.3 Å². The molecule has 0 amide bonds. The molecule has 0 spiro atoms. The molecule has 1 unspecified atom stereocenters. The molecule has 2 aromatic carbocycles. The Morgan fingerprint density at radius 3 is 2.00 bits per heavy atom. The average Bonchev–Trinajstić information content (AvgIpc) is 2.82. The van der Waals surface area contributed by atoms with E-state index in [0.717, 1.165) is 29.5 Å². The summed E-state index contributed by atoms with van der Waals surface area (Å²) in [5.41, 5.74) is 4.37. The Labute approximate surface area is 215 Å². The molecule has 0 aromatic heterocycles. The van der Waals surface area contributed by atoms with Crippen molar-refractivity contribution in [2.45, 2.75) is 105 Å². The van der Waals surface area contributed by atoms with Crippen LogP contribution >= 0.6 is 0 Å². The molecule has 0 radical (unpaired) electrons. The van der Waals surface area contributed by atoms with Gasteiger partial charge in [-0.15, -0.1) is 12.1 Å². The first-order valence-electron chi connectivity index (χ1n) is 13.5. The van der Waals surface area contributed by atoms with Gasteiger partial charge in [0.2, 0.25) is 5.92 Å². The van der Waals surface area contributed by atoms with Crippen molar-refractivity contribution < 1.29 is 8.78 Å². The van der Waals surface area contributed by atoms with Crippen molar-refractivity contribution in [1.82, 2.24) is 0 Å². The third kappa shape index (κ3) is 15.0. The van der Waals surface area contributed by atoms with E-state index in [1.54, 1.807) is 5.92 Å². The first-order valence-corrected chi connectivity index (χ1v) is 13.5. The third-order valence-corrected chi connectivity index (χ3v) is 6.27. The number of benzene rings is 2. The Morgan fingerprint density at radius 2 is 1.53 bits per heavy atom. The van der Waals surface area contributed by atoms with Crippen LogP contribution < -0.4 is 0 Å². The maximum atomic E-state index is 12.6. The number of hydrogen-bond acceptors (Lipinski definition) is 0. The Hall–Kier alpha value is -3.09. The largest absolute Gasteiger partial charge is 0.313 e. The maximum absolute atomic E-state index is 12.6. The topological polar surface area (TPSA) is 0 Å². The molecule has 0 nitrogen and oxygen atoms in total. The van der Waals surface area contributed by atoms with Crippen LogP contribution in [-0.2, 0) is 6.42 Å². The van der Waals surface area contributed by atoms with E-state index in [9.17, 15) is 8.78 Å². The molecular formula is C33H48CmF2-2. The number of halogens is 2. The summed E-state index contributed by atoms with van der Waals surface area (Å²) in [6, 6.07) is 18.4. The van der Waals surface area contributed by atoms with Crippen LogP contribution in [0.3, 0.4) is 0 Å². The molecule has 0 saturated carbocycles. The fourth-order valence-electron chi connectivity index (χ4n) is 4.37. The second kappa shape index (κ2) is 18.2. The van der Waals surface area contributed by atoms with Crippen molar-refractivity contribution in [3.05, 3.63) is 90.2 Å². The molecule has 36 heavy (non-hydrogen) atoms. The number of alkyl halides is 2. The van der Waals surface area contributed by atoms with Gasteiger partial charge in [0.1, 0.15) is 0 Å². The summed E-state index contributed by atoms with van der Waals surface area (Å²) in [5.74, 6) is 0.0655. The van der Waals surface area contributed by atoms with Gasteiger partial charge in [-0.05, 0) is 31.4 Å². The molecule has 0 N–H and O–H groups in total. The van der Waals surface area contributed by atoms with E-state index in [1.807, 2.05) is 31.2 Å². The molecule has 1 atom stereocenters. The monoisotopic (exact) mass is 725 g/mol. The number of hydrogen-bond donors (Lipinski definition) is 0. The minimum absolute atomic E-state index is 0. The summed E-state index contributed by atoms with van der Waals surface area (Å²) in [7, 11) is 0. The third-order valence-electron chi connectivity index (χ3n) is 6.27. The summed E-state index contributed by atoms with van der Waals surface area (Å²) in [6.07, 6.45) is 13.3. The van der Waals surface area contributed by atoms with Crippen molar-refractivity contribution in [3.63, 3.8) is 0 Å². The maximum Gasteiger partial charge on any atom is 0.245 e. The molecule has 0 bridgehead atoms. The molecule has 204 valence electrons. The van der Waals surface area contributed by atoms with Crippen molar-refractivity contribution in [2.75, 3.05) is 0 Å². The van der Waals surface area contributed by atoms with Gasteiger partial charge in [0, 0.05) is 6.42 Å². The van der Waals surface area contributed by atoms with E-state index in [1.165, 1.54) is 56.9 Å². The summed E-state index contributed by atoms with van der Waals surface area (Å²) in [5, 5.41) is 0. The normalized spacial score (nSPS) is 11.8. The van der Waals surface area contributed by atoms with E-state index in [0.29, 0.717) is 6.42 Å². The summed E-state index contributed by atoms with van der Waals surface area (Å²) < 4.78 is 25.2. The molecule has 2 rings (SSSR count). The Morgan fingerprint density at radius 1 is 0.944 bits per heavy atom. The van der Waals surface area contributed by atoms with Gasteiger partial charge in [0.05, 0.1) is 0 Å². The van der Waals surface area contributed by atoms with Crippen LogP contribution in [0.25, 0.3) is 5.57 Å². The van der Waals surface area contributed by atoms with Crippen molar-refractivity contribution in [3.8, 4) is 0 Å². The van der Waals surface area contributed by atoms with E-state index < -0.39 is 5.92 Å². The second-order valence-electron chi connectivity index (χ2n) is 10.0. The smallest absolute Gasteiger partial charge is 0.245 e. The summed E-state index contributed by atoms with van der Waals surface area (Å²) >= 11 is 0. The fraction of sp³-hybridized carbons (Fsp3) is 0.515. The Bertz CT molecular complexity index is 787. The zero-order chi connectivity index (χ0) is 26.1. The van der Waals surface area contributed by atoms with E-state index >= 15 is 0 Å². The minimum atomic E-state index is -2.58. The zero-order valence-electron chi connectivity index (χ0n) is 23.2. The molecule has 3 heteroatoms. The Balaban J connectivity index is 0.000000687. The van der Waals surface area contributed by atoms with E-state index in [-0.39, 0.29) is 6.42 Å². The van der Waals surface area contributed by atoms with Gasteiger partial charge < -0.3 is 5.92 Å². The SMILES string of the molecule is C=C(C)c1ccc(CCC(C)(F)F)cc1.CCC[C-](CCC)CC(C[CH-]c1ccccc1)CCC.[Cm].